The molecule has 4 rings (SSSR count). The zero-order valence-corrected chi connectivity index (χ0v) is 13.4. The van der Waals surface area contributed by atoms with Gasteiger partial charge in [0.25, 0.3) is 0 Å². The van der Waals surface area contributed by atoms with E-state index >= 15 is 0 Å². The number of anilines is 2. The lowest BCUT2D eigenvalue weighted by atomic mass is 10.0. The molecule has 1 fully saturated rings. The Balaban J connectivity index is 1.92. The number of hydrogen-bond acceptors (Lipinski definition) is 5. The summed E-state index contributed by atoms with van der Waals surface area (Å²) in [6.07, 6.45) is 4.92. The number of halogens is 2. The van der Waals surface area contributed by atoms with Crippen LogP contribution in [0.2, 0.25) is 0 Å². The quantitative estimate of drug-likeness (QED) is 0.562. The minimum absolute atomic E-state index is 0.129. The van der Waals surface area contributed by atoms with Crippen molar-refractivity contribution in [1.82, 2.24) is 14.5 Å². The molecule has 6 nitrogen and oxygen atoms in total. The molecule has 8 heteroatoms. The van der Waals surface area contributed by atoms with E-state index in [4.69, 9.17) is 5.73 Å². The van der Waals surface area contributed by atoms with Gasteiger partial charge < -0.3 is 15.6 Å². The van der Waals surface area contributed by atoms with Crippen LogP contribution in [0.25, 0.3) is 11.0 Å². The highest BCUT2D eigenvalue weighted by molar-refractivity contribution is 6.18. The molecular weight excluding hydrogens is 328 g/mol. The summed E-state index contributed by atoms with van der Waals surface area (Å²) in [6.45, 7) is 0. The fourth-order valence-corrected chi connectivity index (χ4v) is 2.83. The van der Waals surface area contributed by atoms with Crippen LogP contribution in [0.1, 0.15) is 28.8 Å². The maximum Gasteiger partial charge on any atom is 0.201 e. The first-order valence-electron chi connectivity index (χ1n) is 7.82. The topological polar surface area (TPSA) is 85.8 Å². The lowest BCUT2D eigenvalue weighted by Crippen LogP contribution is -2.10. The zero-order chi connectivity index (χ0) is 17.7. The van der Waals surface area contributed by atoms with Gasteiger partial charge in [-0.15, -0.1) is 0 Å². The number of ketones is 1. The van der Waals surface area contributed by atoms with Crippen molar-refractivity contribution in [2.24, 2.45) is 7.05 Å². The normalized spacial score (nSPS) is 14.0. The Labute approximate surface area is 141 Å². The summed E-state index contributed by atoms with van der Waals surface area (Å²) in [5.74, 6) is -2.32. The van der Waals surface area contributed by atoms with Crippen molar-refractivity contribution in [3.05, 3.63) is 47.4 Å². The second-order valence-corrected chi connectivity index (χ2v) is 6.15. The molecule has 1 aromatic carbocycles. The number of aromatic nitrogens is 3. The van der Waals surface area contributed by atoms with E-state index in [1.54, 1.807) is 11.6 Å². The van der Waals surface area contributed by atoms with E-state index in [0.29, 0.717) is 22.9 Å². The first kappa shape index (κ1) is 15.5. The molecule has 0 saturated heterocycles. The number of carbonyl (C=O) groups is 1. The molecule has 25 heavy (non-hydrogen) atoms. The Bertz CT molecular complexity index is 1010. The minimum atomic E-state index is -1.06. The van der Waals surface area contributed by atoms with Gasteiger partial charge in [0.15, 0.2) is 5.82 Å². The molecule has 2 heterocycles. The molecule has 0 amide bonds. The number of nitrogen functional groups attached to an aromatic ring is 1. The van der Waals surface area contributed by atoms with Crippen LogP contribution in [0.15, 0.2) is 24.7 Å². The Kier molecular flexibility index (Phi) is 3.41. The van der Waals surface area contributed by atoms with Gasteiger partial charge in [0.05, 0.1) is 22.2 Å². The molecule has 1 aliphatic rings. The second-order valence-electron chi connectivity index (χ2n) is 6.15. The summed E-state index contributed by atoms with van der Waals surface area (Å²) in [4.78, 5) is 21.3. The average Bonchev–Trinajstić information content (AvgIpc) is 3.34. The van der Waals surface area contributed by atoms with Crippen LogP contribution in [-0.2, 0) is 7.05 Å². The molecule has 1 saturated carbocycles. The highest BCUT2D eigenvalue weighted by Gasteiger charge is 2.28. The SMILES string of the molecule is Cn1cc(C(=O)c2c(F)ccc(N)c2F)c2c(NC3CC3)ncnc21. The maximum absolute atomic E-state index is 14.3. The fraction of sp³-hybridized carbons (Fsp3) is 0.235. The van der Waals surface area contributed by atoms with Crippen LogP contribution in [-0.4, -0.2) is 26.4 Å². The van der Waals surface area contributed by atoms with Gasteiger partial charge in [-0.1, -0.05) is 0 Å². The lowest BCUT2D eigenvalue weighted by molar-refractivity contribution is 0.103. The predicted octanol–water partition coefficient (Wildman–Crippen LogP) is 2.63. The minimum Gasteiger partial charge on any atom is -0.396 e. The number of nitrogens with two attached hydrogens (primary N) is 1. The summed E-state index contributed by atoms with van der Waals surface area (Å²) in [7, 11) is 1.71. The third-order valence-electron chi connectivity index (χ3n) is 4.26. The van der Waals surface area contributed by atoms with E-state index in [1.807, 2.05) is 0 Å². The Morgan fingerprint density at radius 3 is 2.80 bits per heavy atom. The molecule has 0 atom stereocenters. The first-order valence-corrected chi connectivity index (χ1v) is 7.82. The highest BCUT2D eigenvalue weighted by Crippen LogP contribution is 2.32. The van der Waals surface area contributed by atoms with Gasteiger partial charge in [-0.3, -0.25) is 4.79 Å². The van der Waals surface area contributed by atoms with E-state index in [9.17, 15) is 13.6 Å². The molecule has 128 valence electrons. The van der Waals surface area contributed by atoms with E-state index in [2.05, 4.69) is 15.3 Å². The van der Waals surface area contributed by atoms with Crippen LogP contribution in [0.4, 0.5) is 20.3 Å². The van der Waals surface area contributed by atoms with Crippen LogP contribution in [0.5, 0.6) is 0 Å². The van der Waals surface area contributed by atoms with Gasteiger partial charge >= 0.3 is 0 Å². The Hall–Kier alpha value is -3.03. The lowest BCUT2D eigenvalue weighted by Gasteiger charge is -2.08. The van der Waals surface area contributed by atoms with Gasteiger partial charge in [0.1, 0.15) is 23.6 Å². The first-order chi connectivity index (χ1) is 12.0. The van der Waals surface area contributed by atoms with Gasteiger partial charge in [-0.25, -0.2) is 18.7 Å². The number of carbonyl (C=O) groups excluding carboxylic acids is 1. The third-order valence-corrected chi connectivity index (χ3v) is 4.26. The van der Waals surface area contributed by atoms with Crippen molar-refractivity contribution in [2.45, 2.75) is 18.9 Å². The van der Waals surface area contributed by atoms with Crippen LogP contribution in [0, 0.1) is 11.6 Å². The summed E-state index contributed by atoms with van der Waals surface area (Å²) < 4.78 is 30.0. The second kappa shape index (κ2) is 5.51. The molecule has 0 spiro atoms. The van der Waals surface area contributed by atoms with E-state index < -0.39 is 23.0 Å². The number of benzene rings is 1. The number of nitrogens with zero attached hydrogens (tertiary/aromatic N) is 3. The fourth-order valence-electron chi connectivity index (χ4n) is 2.83. The zero-order valence-electron chi connectivity index (χ0n) is 13.4. The van der Waals surface area contributed by atoms with E-state index in [-0.39, 0.29) is 11.3 Å². The van der Waals surface area contributed by atoms with Crippen molar-refractivity contribution in [2.75, 3.05) is 11.1 Å². The number of nitrogens with one attached hydrogen (secondary N) is 1. The molecule has 1 aliphatic carbocycles. The smallest absolute Gasteiger partial charge is 0.201 e. The van der Waals surface area contributed by atoms with Crippen molar-refractivity contribution < 1.29 is 13.6 Å². The molecule has 2 aromatic heterocycles. The average molecular weight is 343 g/mol. The molecular formula is C17H15F2N5O. The number of hydrogen-bond donors (Lipinski definition) is 2. The van der Waals surface area contributed by atoms with Crippen molar-refractivity contribution >= 4 is 28.3 Å². The number of rotatable bonds is 4. The standard InChI is InChI=1S/C17H15F2N5O/c1-24-6-9(15(25)13-10(18)4-5-11(20)14(13)19)12-16(23-8-2-3-8)21-7-22-17(12)24/h4-8H,2-3,20H2,1H3,(H,21,22,23). The monoisotopic (exact) mass is 343 g/mol. The molecule has 0 radical (unpaired) electrons. The Morgan fingerprint density at radius 1 is 1.32 bits per heavy atom. The molecule has 0 bridgehead atoms. The predicted molar refractivity (Wildman–Crippen MR) is 89.4 cm³/mol. The van der Waals surface area contributed by atoms with E-state index in [0.717, 1.165) is 25.0 Å². The van der Waals surface area contributed by atoms with Crippen LogP contribution >= 0.6 is 0 Å². The molecule has 3 aromatic rings. The van der Waals surface area contributed by atoms with Gasteiger partial charge in [0, 0.05) is 19.3 Å². The van der Waals surface area contributed by atoms with Crippen LogP contribution in [0.3, 0.4) is 0 Å². The number of fused-ring (bicyclic) bond motifs is 1. The maximum atomic E-state index is 14.3. The molecule has 0 unspecified atom stereocenters. The largest absolute Gasteiger partial charge is 0.396 e. The summed E-state index contributed by atoms with van der Waals surface area (Å²) >= 11 is 0. The molecule has 0 aliphatic heterocycles. The van der Waals surface area contributed by atoms with Crippen LogP contribution < -0.4 is 11.1 Å². The highest BCUT2D eigenvalue weighted by atomic mass is 19.1. The van der Waals surface area contributed by atoms with Crippen molar-refractivity contribution in [3.8, 4) is 0 Å². The third kappa shape index (κ3) is 2.50. The molecule has 3 N–H and O–H groups in total. The number of aryl methyl sites for hydroxylation is 1. The summed E-state index contributed by atoms with van der Waals surface area (Å²) in [5.41, 5.74) is 5.17. The summed E-state index contributed by atoms with van der Waals surface area (Å²) in [6, 6.07) is 2.37. The van der Waals surface area contributed by atoms with Crippen molar-refractivity contribution in [3.63, 3.8) is 0 Å². The summed E-state index contributed by atoms with van der Waals surface area (Å²) in [5, 5.41) is 3.68. The van der Waals surface area contributed by atoms with Gasteiger partial charge in [0.2, 0.25) is 5.78 Å². The van der Waals surface area contributed by atoms with Gasteiger partial charge in [-0.05, 0) is 25.0 Å². The Morgan fingerprint density at radius 2 is 2.08 bits per heavy atom. The van der Waals surface area contributed by atoms with Gasteiger partial charge in [-0.2, -0.15) is 0 Å². The van der Waals surface area contributed by atoms with E-state index in [1.165, 1.54) is 12.5 Å². The van der Waals surface area contributed by atoms with Crippen molar-refractivity contribution in [1.29, 1.82) is 0 Å².